The molecule has 1 aromatic carbocycles. The molecular weight excluding hydrogens is 302 g/mol. The van der Waals surface area contributed by atoms with E-state index >= 15 is 0 Å². The third kappa shape index (κ3) is 3.69. The summed E-state index contributed by atoms with van der Waals surface area (Å²) < 4.78 is 15.1. The minimum absolute atomic E-state index is 0.188. The number of amides is 1. The summed E-state index contributed by atoms with van der Waals surface area (Å²) in [6.45, 7) is 1.42. The van der Waals surface area contributed by atoms with Crippen LogP contribution in [0.2, 0.25) is 0 Å². The number of aromatic nitrogens is 1. The maximum absolute atomic E-state index is 12.1. The molecule has 0 aliphatic heterocycles. The topological polar surface area (TPSA) is 71.4 Å². The lowest BCUT2D eigenvalue weighted by Gasteiger charge is -2.12. The molecule has 0 fully saturated rings. The monoisotopic (exact) mass is 319 g/mol. The smallest absolute Gasteiger partial charge is 0.255 e. The van der Waals surface area contributed by atoms with Gasteiger partial charge in [-0.1, -0.05) is 6.07 Å². The molecule has 1 N–H and O–H groups in total. The largest absolute Gasteiger partial charge is 0.326 e. The zero-order chi connectivity index (χ0) is 16.3. The van der Waals surface area contributed by atoms with E-state index in [2.05, 4.69) is 5.32 Å². The van der Waals surface area contributed by atoms with Crippen LogP contribution in [0.3, 0.4) is 0 Å². The van der Waals surface area contributed by atoms with E-state index in [4.69, 9.17) is 0 Å². The van der Waals surface area contributed by atoms with E-state index in [1.165, 1.54) is 17.6 Å². The van der Waals surface area contributed by atoms with Gasteiger partial charge in [0.1, 0.15) is 11.0 Å². The standard InChI is InChI=1S/C15H17N3O3S/c1-11(19)16-12-5-4-6-13(9-12)18-10-14(7-8-15(18)20)22(21)17(2)3/h4-10H,1-3H3,(H,16,19). The first-order chi connectivity index (χ1) is 10.4. The van der Waals surface area contributed by atoms with Crippen LogP contribution >= 0.6 is 0 Å². The number of hydrogen-bond donors (Lipinski definition) is 1. The Balaban J connectivity index is 2.48. The minimum Gasteiger partial charge on any atom is -0.326 e. The highest BCUT2D eigenvalue weighted by Crippen LogP contribution is 2.15. The molecule has 6 nitrogen and oxygen atoms in total. The second kappa shape index (κ2) is 6.67. The first kappa shape index (κ1) is 16.1. The van der Waals surface area contributed by atoms with E-state index in [-0.39, 0.29) is 11.5 Å². The first-order valence-corrected chi connectivity index (χ1v) is 7.69. The Bertz CT molecular complexity index is 784. The number of rotatable bonds is 4. The van der Waals surface area contributed by atoms with E-state index in [0.29, 0.717) is 16.3 Å². The summed E-state index contributed by atoms with van der Waals surface area (Å²) in [6, 6.07) is 9.83. The molecule has 0 spiro atoms. The van der Waals surface area contributed by atoms with Gasteiger partial charge in [0.05, 0.1) is 10.6 Å². The Morgan fingerprint density at radius 1 is 1.23 bits per heavy atom. The molecule has 0 aliphatic carbocycles. The van der Waals surface area contributed by atoms with Gasteiger partial charge >= 0.3 is 0 Å². The van der Waals surface area contributed by atoms with E-state index < -0.39 is 11.0 Å². The van der Waals surface area contributed by atoms with Crippen molar-refractivity contribution in [1.82, 2.24) is 8.87 Å². The van der Waals surface area contributed by atoms with Crippen LogP contribution in [-0.2, 0) is 15.8 Å². The molecule has 22 heavy (non-hydrogen) atoms. The molecule has 0 aliphatic rings. The maximum Gasteiger partial charge on any atom is 0.255 e. The predicted molar refractivity (Wildman–Crippen MR) is 86.4 cm³/mol. The van der Waals surface area contributed by atoms with Gasteiger partial charge in [0.2, 0.25) is 5.91 Å². The van der Waals surface area contributed by atoms with Gasteiger partial charge in [-0.2, -0.15) is 0 Å². The molecule has 1 aromatic heterocycles. The number of benzene rings is 1. The number of hydrogen-bond acceptors (Lipinski definition) is 3. The average molecular weight is 319 g/mol. The fraction of sp³-hybridized carbons (Fsp3) is 0.200. The lowest BCUT2D eigenvalue weighted by molar-refractivity contribution is -0.114. The molecule has 1 heterocycles. The summed E-state index contributed by atoms with van der Waals surface area (Å²) >= 11 is 0. The number of carbonyl (C=O) groups is 1. The summed E-state index contributed by atoms with van der Waals surface area (Å²) in [4.78, 5) is 23.7. The zero-order valence-electron chi connectivity index (χ0n) is 12.6. The number of pyridine rings is 1. The van der Waals surface area contributed by atoms with Crippen molar-refractivity contribution >= 4 is 22.6 Å². The van der Waals surface area contributed by atoms with Crippen LogP contribution < -0.4 is 10.9 Å². The second-order valence-electron chi connectivity index (χ2n) is 4.87. The van der Waals surface area contributed by atoms with Gasteiger partial charge in [0, 0.05) is 24.9 Å². The van der Waals surface area contributed by atoms with Crippen molar-refractivity contribution in [2.24, 2.45) is 0 Å². The molecule has 1 atom stereocenters. The lowest BCUT2D eigenvalue weighted by Crippen LogP contribution is -2.21. The average Bonchev–Trinajstić information content (AvgIpc) is 2.46. The highest BCUT2D eigenvalue weighted by atomic mass is 32.2. The van der Waals surface area contributed by atoms with Crippen molar-refractivity contribution in [3.63, 3.8) is 0 Å². The molecule has 1 unspecified atom stereocenters. The van der Waals surface area contributed by atoms with E-state index in [0.717, 1.165) is 0 Å². The molecule has 2 aromatic rings. The Morgan fingerprint density at radius 2 is 1.95 bits per heavy atom. The molecule has 116 valence electrons. The third-order valence-electron chi connectivity index (χ3n) is 2.86. The molecule has 0 saturated carbocycles. The molecule has 0 radical (unpaired) electrons. The van der Waals surface area contributed by atoms with Gasteiger partial charge in [-0.15, -0.1) is 0 Å². The summed E-state index contributed by atoms with van der Waals surface area (Å²) in [7, 11) is 2.06. The molecule has 1 amide bonds. The van der Waals surface area contributed by atoms with Gasteiger partial charge in [0.25, 0.3) is 5.56 Å². The van der Waals surface area contributed by atoms with Gasteiger partial charge < -0.3 is 5.32 Å². The molecule has 7 heteroatoms. The number of nitrogens with zero attached hydrogens (tertiary/aromatic N) is 2. The predicted octanol–water partition coefficient (Wildman–Crippen LogP) is 1.38. The first-order valence-electron chi connectivity index (χ1n) is 6.58. The van der Waals surface area contributed by atoms with E-state index in [9.17, 15) is 13.8 Å². The Morgan fingerprint density at radius 3 is 2.59 bits per heavy atom. The number of nitrogens with one attached hydrogen (secondary N) is 1. The fourth-order valence-corrected chi connectivity index (χ4v) is 2.72. The highest BCUT2D eigenvalue weighted by Gasteiger charge is 2.09. The second-order valence-corrected chi connectivity index (χ2v) is 6.57. The summed E-state index contributed by atoms with van der Waals surface area (Å²) in [6.07, 6.45) is 1.55. The van der Waals surface area contributed by atoms with Gasteiger partial charge in [-0.05, 0) is 38.4 Å². The van der Waals surface area contributed by atoms with Crippen LogP contribution in [-0.4, -0.2) is 33.1 Å². The van der Waals surface area contributed by atoms with Crippen molar-refractivity contribution in [2.45, 2.75) is 11.8 Å². The molecule has 0 saturated heterocycles. The van der Waals surface area contributed by atoms with Gasteiger partial charge in [-0.3, -0.25) is 14.2 Å². The van der Waals surface area contributed by atoms with Crippen molar-refractivity contribution in [3.8, 4) is 5.69 Å². The van der Waals surface area contributed by atoms with Crippen LogP contribution in [0.4, 0.5) is 5.69 Å². The Labute approximate surface area is 131 Å². The summed E-state index contributed by atoms with van der Waals surface area (Å²) in [5, 5.41) is 2.67. The van der Waals surface area contributed by atoms with Crippen LogP contribution in [0.1, 0.15) is 6.92 Å². The van der Waals surface area contributed by atoms with E-state index in [1.807, 2.05) is 0 Å². The van der Waals surface area contributed by atoms with Crippen molar-refractivity contribution < 1.29 is 9.00 Å². The summed E-state index contributed by atoms with van der Waals surface area (Å²) in [5.74, 6) is -0.188. The van der Waals surface area contributed by atoms with Crippen LogP contribution in [0.25, 0.3) is 5.69 Å². The Kier molecular flexibility index (Phi) is 4.89. The van der Waals surface area contributed by atoms with Crippen molar-refractivity contribution in [1.29, 1.82) is 0 Å². The number of anilines is 1. The minimum atomic E-state index is -1.34. The normalized spacial score (nSPS) is 12.2. The Hall–Kier alpha value is -2.25. The van der Waals surface area contributed by atoms with Crippen molar-refractivity contribution in [2.75, 3.05) is 19.4 Å². The fourth-order valence-electron chi connectivity index (χ4n) is 1.92. The molecule has 0 bridgehead atoms. The van der Waals surface area contributed by atoms with Crippen LogP contribution in [0.15, 0.2) is 52.3 Å². The lowest BCUT2D eigenvalue weighted by atomic mass is 10.2. The zero-order valence-corrected chi connectivity index (χ0v) is 13.4. The third-order valence-corrected chi connectivity index (χ3v) is 4.17. The van der Waals surface area contributed by atoms with Crippen LogP contribution in [0.5, 0.6) is 0 Å². The highest BCUT2D eigenvalue weighted by molar-refractivity contribution is 7.82. The van der Waals surface area contributed by atoms with Crippen molar-refractivity contribution in [3.05, 3.63) is 52.9 Å². The van der Waals surface area contributed by atoms with E-state index in [1.54, 1.807) is 54.9 Å². The number of carbonyl (C=O) groups excluding carboxylic acids is 1. The van der Waals surface area contributed by atoms with Gasteiger partial charge in [0.15, 0.2) is 0 Å². The maximum atomic E-state index is 12.1. The van der Waals surface area contributed by atoms with Crippen LogP contribution in [0, 0.1) is 0 Å². The molecule has 2 rings (SSSR count). The summed E-state index contributed by atoms with van der Waals surface area (Å²) in [5.41, 5.74) is 0.948. The molecular formula is C15H17N3O3S. The quantitative estimate of drug-likeness (QED) is 0.925. The SMILES string of the molecule is CC(=O)Nc1cccc(-n2cc(S(=O)N(C)C)ccc2=O)c1. The van der Waals surface area contributed by atoms with Gasteiger partial charge in [-0.25, -0.2) is 8.51 Å².